The van der Waals surface area contributed by atoms with Gasteiger partial charge in [0.1, 0.15) is 5.84 Å². The molecule has 37 heavy (non-hydrogen) atoms. The number of hydrogen-bond acceptors (Lipinski definition) is 6. The number of carbonyl (C=O) groups is 2. The Hall–Kier alpha value is -4.13. The molecular weight excluding hydrogens is 501 g/mol. The highest BCUT2D eigenvalue weighted by atomic mass is 32.2. The number of benzene rings is 3. The van der Waals surface area contributed by atoms with E-state index in [2.05, 4.69) is 10.3 Å². The minimum Gasteiger partial charge on any atom is -0.479 e. The minimum atomic E-state index is -3.95. The lowest BCUT2D eigenvalue weighted by atomic mass is 9.94. The van der Waals surface area contributed by atoms with Crippen LogP contribution in [-0.4, -0.2) is 43.6 Å². The lowest BCUT2D eigenvalue weighted by molar-refractivity contribution is -0.138. The summed E-state index contributed by atoms with van der Waals surface area (Å²) in [5.74, 6) is -3.24. The smallest absolute Gasteiger partial charge is 0.343 e. The summed E-state index contributed by atoms with van der Waals surface area (Å²) in [6, 6.07) is 19.2. The fourth-order valence-electron chi connectivity index (χ4n) is 3.58. The molecule has 0 bridgehead atoms. The molecule has 0 aromatic heterocycles. The number of nitrogens with one attached hydrogen (secondary N) is 1. The normalized spacial score (nSPS) is 14.4. The Balaban J connectivity index is 1.97. The van der Waals surface area contributed by atoms with Crippen LogP contribution < -0.4 is 21.9 Å². The molecule has 8 N–H and O–H groups in total. The van der Waals surface area contributed by atoms with Crippen molar-refractivity contribution in [2.45, 2.75) is 30.1 Å². The average molecular weight is 528 g/mol. The van der Waals surface area contributed by atoms with E-state index in [9.17, 15) is 27.5 Å². The van der Waals surface area contributed by atoms with Crippen LogP contribution >= 0.6 is 0 Å². The summed E-state index contributed by atoms with van der Waals surface area (Å²) in [4.78, 5) is 26.7. The number of hydrogen-bond donors (Lipinski definition) is 5. The standard InChI is InChI=1S/C25H26FN5O5S/c1-14(21(26)23(28)32)16-5-4-6-17(13-16)24(31-22(27)25(33)34)30-18-11-9-15(10-12-18)19-7-2-3-8-20(19)37(29,35)36/h2-14,21-22H,27H2,1H3,(H2,28,32)(H,30,31)(H,33,34)(H2,29,35,36). The summed E-state index contributed by atoms with van der Waals surface area (Å²) < 4.78 is 38.1. The van der Waals surface area contributed by atoms with Crippen LogP contribution in [0.15, 0.2) is 82.7 Å². The molecule has 194 valence electrons. The molecule has 0 saturated carbocycles. The van der Waals surface area contributed by atoms with E-state index in [4.69, 9.17) is 16.6 Å². The van der Waals surface area contributed by atoms with Crippen LogP contribution in [0.5, 0.6) is 0 Å². The third-order valence-corrected chi connectivity index (χ3v) is 6.54. The number of primary amides is 1. The molecule has 1 amide bonds. The second kappa shape index (κ2) is 11.3. The summed E-state index contributed by atoms with van der Waals surface area (Å²) in [7, 11) is -3.95. The summed E-state index contributed by atoms with van der Waals surface area (Å²) >= 11 is 0. The molecule has 3 aromatic carbocycles. The summed E-state index contributed by atoms with van der Waals surface area (Å²) in [5.41, 5.74) is 13.0. The maximum Gasteiger partial charge on any atom is 0.343 e. The third kappa shape index (κ3) is 6.76. The number of aliphatic imine (C=N–C) groups is 1. The van der Waals surface area contributed by atoms with E-state index >= 15 is 0 Å². The van der Waals surface area contributed by atoms with Crippen LogP contribution in [0.3, 0.4) is 0 Å². The van der Waals surface area contributed by atoms with Crippen LogP contribution in [0, 0.1) is 0 Å². The molecule has 0 fully saturated rings. The number of carboxylic acid groups (broad SMARTS) is 1. The van der Waals surface area contributed by atoms with Gasteiger partial charge in [0.25, 0.3) is 5.91 Å². The van der Waals surface area contributed by atoms with Gasteiger partial charge in [0, 0.05) is 22.7 Å². The SMILES string of the molecule is CC(c1cccc(/C(=N\C(N)C(=O)O)Nc2ccc(-c3ccccc3S(N)(=O)=O)cc2)c1)C(F)C(N)=O. The van der Waals surface area contributed by atoms with Crippen molar-refractivity contribution in [2.24, 2.45) is 21.6 Å². The van der Waals surface area contributed by atoms with Crippen molar-refractivity contribution >= 4 is 33.4 Å². The maximum atomic E-state index is 14.2. The summed E-state index contributed by atoms with van der Waals surface area (Å²) in [5, 5.41) is 17.6. The predicted molar refractivity (Wildman–Crippen MR) is 138 cm³/mol. The van der Waals surface area contributed by atoms with Crippen molar-refractivity contribution < 1.29 is 27.5 Å². The van der Waals surface area contributed by atoms with E-state index < -0.39 is 40.2 Å². The Kier molecular flexibility index (Phi) is 8.38. The molecule has 3 atom stereocenters. The number of alkyl halides is 1. The molecule has 0 aliphatic rings. The number of primary sulfonamides is 1. The van der Waals surface area contributed by atoms with Gasteiger partial charge in [-0.15, -0.1) is 0 Å². The fourth-order valence-corrected chi connectivity index (χ4v) is 4.34. The van der Waals surface area contributed by atoms with E-state index in [1.54, 1.807) is 66.7 Å². The maximum absolute atomic E-state index is 14.2. The molecule has 0 aliphatic heterocycles. The molecule has 3 unspecified atom stereocenters. The van der Waals surface area contributed by atoms with Crippen LogP contribution in [0.1, 0.15) is 24.0 Å². The molecule has 0 heterocycles. The number of aliphatic carboxylic acids is 1. The first-order chi connectivity index (χ1) is 17.4. The van der Waals surface area contributed by atoms with Crippen molar-refractivity contribution in [2.75, 3.05) is 5.32 Å². The zero-order valence-corrected chi connectivity index (χ0v) is 20.5. The predicted octanol–water partition coefficient (Wildman–Crippen LogP) is 2.16. The van der Waals surface area contributed by atoms with Crippen molar-refractivity contribution in [1.82, 2.24) is 0 Å². The molecule has 10 nitrogen and oxygen atoms in total. The number of anilines is 1. The van der Waals surface area contributed by atoms with Crippen LogP contribution in [0.4, 0.5) is 10.1 Å². The van der Waals surface area contributed by atoms with Gasteiger partial charge in [-0.2, -0.15) is 0 Å². The highest BCUT2D eigenvalue weighted by Crippen LogP contribution is 2.28. The van der Waals surface area contributed by atoms with E-state index in [0.717, 1.165) is 0 Å². The van der Waals surface area contributed by atoms with E-state index in [-0.39, 0.29) is 10.7 Å². The number of halogens is 1. The zero-order chi connectivity index (χ0) is 27.3. The van der Waals surface area contributed by atoms with Gasteiger partial charge < -0.3 is 21.9 Å². The van der Waals surface area contributed by atoms with Gasteiger partial charge >= 0.3 is 5.97 Å². The highest BCUT2D eigenvalue weighted by Gasteiger charge is 2.24. The molecule has 0 spiro atoms. The topological polar surface area (TPSA) is 191 Å². The van der Waals surface area contributed by atoms with Gasteiger partial charge in [-0.1, -0.05) is 55.5 Å². The van der Waals surface area contributed by atoms with E-state index in [0.29, 0.717) is 27.9 Å². The van der Waals surface area contributed by atoms with Gasteiger partial charge in [0.05, 0.1) is 4.90 Å². The second-order valence-corrected chi connectivity index (χ2v) is 9.75. The van der Waals surface area contributed by atoms with Crippen molar-refractivity contribution in [1.29, 1.82) is 0 Å². The Labute approximate surface area is 213 Å². The largest absolute Gasteiger partial charge is 0.479 e. The Morgan fingerprint density at radius 1 is 1.03 bits per heavy atom. The number of sulfonamides is 1. The zero-order valence-electron chi connectivity index (χ0n) is 19.7. The number of carbonyl (C=O) groups excluding carboxylic acids is 1. The van der Waals surface area contributed by atoms with Gasteiger partial charge in [0.2, 0.25) is 10.0 Å². The quantitative estimate of drug-likeness (QED) is 0.208. The minimum absolute atomic E-state index is 0.0292. The van der Waals surface area contributed by atoms with Crippen molar-refractivity contribution in [3.63, 3.8) is 0 Å². The highest BCUT2D eigenvalue weighted by molar-refractivity contribution is 7.89. The number of rotatable bonds is 9. The number of nitrogens with two attached hydrogens (primary N) is 3. The molecule has 3 rings (SSSR count). The molecular formula is C25H26FN5O5S. The van der Waals surface area contributed by atoms with Gasteiger partial charge in [-0.25, -0.2) is 27.7 Å². The van der Waals surface area contributed by atoms with Crippen LogP contribution in [0.2, 0.25) is 0 Å². The first-order valence-corrected chi connectivity index (χ1v) is 12.5. The van der Waals surface area contributed by atoms with Crippen molar-refractivity contribution in [3.8, 4) is 11.1 Å². The number of nitrogens with zero attached hydrogens (tertiary/aromatic N) is 1. The Bertz CT molecular complexity index is 1440. The summed E-state index contributed by atoms with van der Waals surface area (Å²) in [6.45, 7) is 1.50. The molecule has 0 saturated heterocycles. The molecule has 3 aromatic rings. The molecule has 0 radical (unpaired) electrons. The molecule has 12 heteroatoms. The van der Waals surface area contributed by atoms with Gasteiger partial charge in [-0.3, -0.25) is 4.79 Å². The van der Waals surface area contributed by atoms with E-state index in [1.807, 2.05) is 0 Å². The molecule has 0 aliphatic carbocycles. The number of carboxylic acids is 1. The third-order valence-electron chi connectivity index (χ3n) is 5.57. The van der Waals surface area contributed by atoms with Gasteiger partial charge in [-0.05, 0) is 35.4 Å². The first kappa shape index (κ1) is 27.5. The lowest BCUT2D eigenvalue weighted by Gasteiger charge is -2.17. The van der Waals surface area contributed by atoms with Crippen LogP contribution in [0.25, 0.3) is 11.1 Å². The van der Waals surface area contributed by atoms with Crippen LogP contribution in [-0.2, 0) is 19.6 Å². The Morgan fingerprint density at radius 2 is 1.68 bits per heavy atom. The lowest BCUT2D eigenvalue weighted by Crippen LogP contribution is -2.31. The Morgan fingerprint density at radius 3 is 2.27 bits per heavy atom. The monoisotopic (exact) mass is 527 g/mol. The second-order valence-electron chi connectivity index (χ2n) is 8.22. The average Bonchev–Trinajstić information content (AvgIpc) is 2.87. The number of amidine groups is 1. The fraction of sp³-hybridized carbons (Fsp3) is 0.160. The first-order valence-electron chi connectivity index (χ1n) is 11.0. The summed E-state index contributed by atoms with van der Waals surface area (Å²) in [6.07, 6.45) is -3.51. The number of amides is 1. The van der Waals surface area contributed by atoms with Gasteiger partial charge in [0.15, 0.2) is 12.3 Å². The van der Waals surface area contributed by atoms with E-state index in [1.165, 1.54) is 13.0 Å². The van der Waals surface area contributed by atoms with Crippen molar-refractivity contribution in [3.05, 3.63) is 83.9 Å².